The average molecular weight is 315 g/mol. The lowest BCUT2D eigenvalue weighted by atomic mass is 9.40. The van der Waals surface area contributed by atoms with Crippen LogP contribution in [0, 0.1) is 22.2 Å². The molecular formula is C19H29N3O. The van der Waals surface area contributed by atoms with Gasteiger partial charge in [0.1, 0.15) is 0 Å². The van der Waals surface area contributed by atoms with Crippen molar-refractivity contribution in [3.8, 4) is 0 Å². The number of aryl methyl sites for hydroxylation is 1. The Hall–Kier alpha value is -1.32. The summed E-state index contributed by atoms with van der Waals surface area (Å²) in [6.45, 7) is 8.40. The van der Waals surface area contributed by atoms with E-state index in [4.69, 9.17) is 0 Å². The van der Waals surface area contributed by atoms with Gasteiger partial charge < -0.3 is 5.32 Å². The summed E-state index contributed by atoms with van der Waals surface area (Å²) in [5, 5.41) is 7.53. The highest BCUT2D eigenvalue weighted by molar-refractivity contribution is 5.83. The minimum atomic E-state index is -0.107. The zero-order valence-corrected chi connectivity index (χ0v) is 14.7. The Kier molecular flexibility index (Phi) is 3.20. The molecule has 2 unspecified atom stereocenters. The van der Waals surface area contributed by atoms with Crippen molar-refractivity contribution in [2.45, 2.75) is 72.4 Å². The molecular weight excluding hydrogens is 286 g/mol. The number of carbonyl (C=O) groups is 1. The number of rotatable bonds is 4. The first-order valence-electron chi connectivity index (χ1n) is 9.14. The molecule has 4 saturated carbocycles. The summed E-state index contributed by atoms with van der Waals surface area (Å²) < 4.78 is 1.91. The summed E-state index contributed by atoms with van der Waals surface area (Å²) >= 11 is 0. The molecule has 1 aromatic rings. The molecule has 0 aliphatic heterocycles. The lowest BCUT2D eigenvalue weighted by Crippen LogP contribution is -2.59. The second-order valence-corrected chi connectivity index (χ2v) is 9.30. The zero-order chi connectivity index (χ0) is 16.3. The summed E-state index contributed by atoms with van der Waals surface area (Å²) in [7, 11) is 0. The van der Waals surface area contributed by atoms with Gasteiger partial charge in [-0.25, -0.2) is 0 Å². The number of amides is 1. The molecule has 1 N–H and O–H groups in total. The fourth-order valence-electron chi connectivity index (χ4n) is 6.74. The summed E-state index contributed by atoms with van der Waals surface area (Å²) in [6.07, 6.45) is 11.2. The molecule has 5 rings (SSSR count). The van der Waals surface area contributed by atoms with Gasteiger partial charge in [0.15, 0.2) is 0 Å². The molecule has 0 aromatic carbocycles. The van der Waals surface area contributed by atoms with E-state index in [9.17, 15) is 4.79 Å². The molecule has 0 spiro atoms. The van der Waals surface area contributed by atoms with Crippen molar-refractivity contribution in [1.82, 2.24) is 15.1 Å². The van der Waals surface area contributed by atoms with Gasteiger partial charge in [-0.2, -0.15) is 5.10 Å². The van der Waals surface area contributed by atoms with Crippen molar-refractivity contribution in [2.75, 3.05) is 0 Å². The Morgan fingerprint density at radius 2 is 1.96 bits per heavy atom. The van der Waals surface area contributed by atoms with E-state index in [0.29, 0.717) is 23.3 Å². The normalized spacial score (nSPS) is 41.3. The van der Waals surface area contributed by atoms with Crippen LogP contribution < -0.4 is 5.32 Å². The SMILES string of the molecule is CCn1cc(CNC(=O)C23CC4CC(C)(CC(C)(C4)C2)C3)cn1. The van der Waals surface area contributed by atoms with Crippen LogP contribution in [-0.4, -0.2) is 15.7 Å². The molecule has 126 valence electrons. The fraction of sp³-hybridized carbons (Fsp3) is 0.789. The Morgan fingerprint density at radius 3 is 2.52 bits per heavy atom. The van der Waals surface area contributed by atoms with Crippen LogP contribution >= 0.6 is 0 Å². The van der Waals surface area contributed by atoms with E-state index in [-0.39, 0.29) is 5.41 Å². The van der Waals surface area contributed by atoms with Crippen molar-refractivity contribution in [3.05, 3.63) is 18.0 Å². The third-order valence-electron chi connectivity index (χ3n) is 6.57. The summed E-state index contributed by atoms with van der Waals surface area (Å²) in [5.41, 5.74) is 1.77. The van der Waals surface area contributed by atoms with Crippen LogP contribution in [0.5, 0.6) is 0 Å². The van der Waals surface area contributed by atoms with E-state index in [1.807, 2.05) is 17.1 Å². The molecule has 1 amide bonds. The van der Waals surface area contributed by atoms with Crippen LogP contribution in [0.1, 0.15) is 64.9 Å². The van der Waals surface area contributed by atoms with E-state index in [0.717, 1.165) is 37.3 Å². The van der Waals surface area contributed by atoms with Gasteiger partial charge in [-0.1, -0.05) is 13.8 Å². The molecule has 2 atom stereocenters. The predicted molar refractivity (Wildman–Crippen MR) is 89.6 cm³/mol. The van der Waals surface area contributed by atoms with Crippen LogP contribution in [0.15, 0.2) is 12.4 Å². The first-order chi connectivity index (χ1) is 10.8. The maximum atomic E-state index is 13.1. The molecule has 4 aliphatic carbocycles. The first kappa shape index (κ1) is 15.2. The van der Waals surface area contributed by atoms with Crippen molar-refractivity contribution < 1.29 is 4.79 Å². The van der Waals surface area contributed by atoms with Crippen LogP contribution in [0.4, 0.5) is 0 Å². The third kappa shape index (κ3) is 2.50. The largest absolute Gasteiger partial charge is 0.351 e. The smallest absolute Gasteiger partial charge is 0.226 e. The van der Waals surface area contributed by atoms with Crippen LogP contribution in [-0.2, 0) is 17.9 Å². The molecule has 4 fully saturated rings. The molecule has 4 aliphatic rings. The second kappa shape index (κ2) is 4.84. The number of nitrogens with zero attached hydrogens (tertiary/aromatic N) is 2. The van der Waals surface area contributed by atoms with Crippen LogP contribution in [0.25, 0.3) is 0 Å². The Morgan fingerprint density at radius 1 is 1.26 bits per heavy atom. The van der Waals surface area contributed by atoms with Crippen molar-refractivity contribution in [3.63, 3.8) is 0 Å². The third-order valence-corrected chi connectivity index (χ3v) is 6.57. The maximum absolute atomic E-state index is 13.1. The molecule has 4 nitrogen and oxygen atoms in total. The van der Waals surface area contributed by atoms with Gasteiger partial charge in [0.2, 0.25) is 5.91 Å². The predicted octanol–water partition coefficient (Wildman–Crippen LogP) is 3.52. The van der Waals surface area contributed by atoms with Gasteiger partial charge in [0.05, 0.1) is 11.6 Å². The number of nitrogens with one attached hydrogen (secondary N) is 1. The maximum Gasteiger partial charge on any atom is 0.226 e. The summed E-state index contributed by atoms with van der Waals surface area (Å²) in [6, 6.07) is 0. The van der Waals surface area contributed by atoms with Gasteiger partial charge >= 0.3 is 0 Å². The van der Waals surface area contributed by atoms with Gasteiger partial charge in [0.25, 0.3) is 0 Å². The minimum absolute atomic E-state index is 0.107. The van der Waals surface area contributed by atoms with Crippen molar-refractivity contribution >= 4 is 5.91 Å². The quantitative estimate of drug-likeness (QED) is 0.924. The molecule has 4 heteroatoms. The lowest BCUT2D eigenvalue weighted by Gasteiger charge is -2.64. The topological polar surface area (TPSA) is 46.9 Å². The monoisotopic (exact) mass is 315 g/mol. The van der Waals surface area contributed by atoms with E-state index < -0.39 is 0 Å². The van der Waals surface area contributed by atoms with Crippen LogP contribution in [0.2, 0.25) is 0 Å². The Labute approximate surface area is 139 Å². The van der Waals surface area contributed by atoms with E-state index in [1.54, 1.807) is 0 Å². The molecule has 1 heterocycles. The lowest BCUT2D eigenvalue weighted by molar-refractivity contribution is -0.170. The van der Waals surface area contributed by atoms with Crippen LogP contribution in [0.3, 0.4) is 0 Å². The van der Waals surface area contributed by atoms with Crippen molar-refractivity contribution in [2.24, 2.45) is 22.2 Å². The highest BCUT2D eigenvalue weighted by Crippen LogP contribution is 2.69. The summed E-state index contributed by atoms with van der Waals surface area (Å²) in [4.78, 5) is 13.1. The number of carbonyl (C=O) groups excluding carboxylic acids is 1. The number of aromatic nitrogens is 2. The zero-order valence-electron chi connectivity index (χ0n) is 14.7. The van der Waals surface area contributed by atoms with Gasteiger partial charge in [-0.3, -0.25) is 9.48 Å². The first-order valence-corrected chi connectivity index (χ1v) is 9.14. The number of hydrogen-bond acceptors (Lipinski definition) is 2. The highest BCUT2D eigenvalue weighted by Gasteiger charge is 2.62. The molecule has 4 bridgehead atoms. The molecule has 0 radical (unpaired) electrons. The summed E-state index contributed by atoms with van der Waals surface area (Å²) in [5.74, 6) is 1.05. The Bertz CT molecular complexity index is 616. The standard InChI is InChI=1S/C19H29N3O/c1-4-22-10-15(9-21-22)8-20-16(23)19-7-14-5-17(2,12-19)11-18(3,6-14)13-19/h9-10,14H,4-8,11-13H2,1-3H3,(H,20,23). The average Bonchev–Trinajstić information content (AvgIpc) is 2.88. The molecule has 0 saturated heterocycles. The number of hydrogen-bond donors (Lipinski definition) is 1. The van der Waals surface area contributed by atoms with E-state index in [2.05, 4.69) is 31.2 Å². The highest BCUT2D eigenvalue weighted by atomic mass is 16.2. The molecule has 1 aromatic heterocycles. The van der Waals surface area contributed by atoms with E-state index >= 15 is 0 Å². The minimum Gasteiger partial charge on any atom is -0.351 e. The Balaban J connectivity index is 1.49. The van der Waals surface area contributed by atoms with E-state index in [1.165, 1.54) is 19.3 Å². The second-order valence-electron chi connectivity index (χ2n) is 9.30. The van der Waals surface area contributed by atoms with Gasteiger partial charge in [0, 0.05) is 24.8 Å². The molecule has 23 heavy (non-hydrogen) atoms. The van der Waals surface area contributed by atoms with Crippen molar-refractivity contribution in [1.29, 1.82) is 0 Å². The van der Waals surface area contributed by atoms with Gasteiger partial charge in [-0.05, 0) is 62.2 Å². The van der Waals surface area contributed by atoms with Gasteiger partial charge in [-0.15, -0.1) is 0 Å². The fourth-order valence-corrected chi connectivity index (χ4v) is 6.74.